The molecule has 3 unspecified atom stereocenters. The van der Waals surface area contributed by atoms with Crippen LogP contribution in [-0.4, -0.2) is 23.7 Å². The predicted molar refractivity (Wildman–Crippen MR) is 56.6 cm³/mol. The predicted octanol–water partition coefficient (Wildman–Crippen LogP) is 1.46. The third-order valence-corrected chi connectivity index (χ3v) is 3.59. The molecule has 3 rings (SSSR count). The zero-order valence-corrected chi connectivity index (χ0v) is 9.26. The molecule has 4 heteroatoms. The molecule has 0 amide bonds. The van der Waals surface area contributed by atoms with Crippen molar-refractivity contribution in [2.24, 2.45) is 23.7 Å². The molecule has 1 fully saturated rings. The van der Waals surface area contributed by atoms with E-state index >= 15 is 0 Å². The number of carboxylic acids is 1. The fourth-order valence-electron chi connectivity index (χ4n) is 2.89. The van der Waals surface area contributed by atoms with Crippen molar-refractivity contribution >= 4 is 11.9 Å². The number of fused-ring (bicyclic) bond motifs is 2. The van der Waals surface area contributed by atoms with Crippen molar-refractivity contribution in [3.05, 3.63) is 12.2 Å². The average molecular weight is 224 g/mol. The number of aliphatic carboxylic acids is 1. The Morgan fingerprint density at radius 2 is 1.81 bits per heavy atom. The minimum absolute atomic E-state index is 0.00286. The van der Waals surface area contributed by atoms with Gasteiger partial charge in [0.25, 0.3) is 0 Å². The first-order chi connectivity index (χ1) is 7.65. The number of hydrogen-bond acceptors (Lipinski definition) is 3. The molecule has 1 saturated carbocycles. The summed E-state index contributed by atoms with van der Waals surface area (Å²) in [6.07, 6.45) is 5.69. The fourth-order valence-corrected chi connectivity index (χ4v) is 2.89. The standard InChI is InChI=1S/C12H16O4/c1-2-16-12(15)10-8-5-3-7(4-6-8)9(10)11(13)14/h3,5,7-10H,2,4,6H2,1H3,(H,13,14)/t7-,8?,9?,10?/m0/s1. The normalized spacial score (nSPS) is 36.1. The van der Waals surface area contributed by atoms with Crippen LogP contribution in [-0.2, 0) is 14.3 Å². The lowest BCUT2D eigenvalue weighted by Gasteiger charge is -2.41. The molecule has 0 heterocycles. The van der Waals surface area contributed by atoms with Gasteiger partial charge < -0.3 is 9.84 Å². The molecule has 4 atom stereocenters. The average Bonchev–Trinajstić information content (AvgIpc) is 2.29. The third-order valence-electron chi connectivity index (χ3n) is 3.59. The van der Waals surface area contributed by atoms with Crippen LogP contribution in [0.4, 0.5) is 0 Å². The summed E-state index contributed by atoms with van der Waals surface area (Å²) in [5.41, 5.74) is 0. The molecule has 3 aliphatic rings. The van der Waals surface area contributed by atoms with Gasteiger partial charge in [0.15, 0.2) is 0 Å². The quantitative estimate of drug-likeness (QED) is 0.582. The van der Waals surface area contributed by atoms with Gasteiger partial charge >= 0.3 is 11.9 Å². The van der Waals surface area contributed by atoms with Crippen LogP contribution >= 0.6 is 0 Å². The van der Waals surface area contributed by atoms with Gasteiger partial charge in [-0.05, 0) is 31.6 Å². The van der Waals surface area contributed by atoms with Crippen molar-refractivity contribution in [2.75, 3.05) is 6.61 Å². The summed E-state index contributed by atoms with van der Waals surface area (Å²) in [4.78, 5) is 23.0. The lowest BCUT2D eigenvalue weighted by Crippen LogP contribution is -2.45. The molecule has 1 N–H and O–H groups in total. The summed E-state index contributed by atoms with van der Waals surface area (Å²) in [6.45, 7) is 2.05. The lowest BCUT2D eigenvalue weighted by atomic mass is 9.62. The van der Waals surface area contributed by atoms with Crippen LogP contribution in [0.3, 0.4) is 0 Å². The monoisotopic (exact) mass is 224 g/mol. The SMILES string of the molecule is CCOC(=O)C1C2C=C[C@@H](CC2)C1C(=O)O. The molecular weight excluding hydrogens is 208 g/mol. The summed E-state index contributed by atoms with van der Waals surface area (Å²) in [7, 11) is 0. The second-order valence-corrected chi connectivity index (χ2v) is 4.43. The number of rotatable bonds is 3. The van der Waals surface area contributed by atoms with Gasteiger partial charge in [-0.3, -0.25) is 9.59 Å². The van der Waals surface area contributed by atoms with E-state index in [1.54, 1.807) is 6.92 Å². The van der Waals surface area contributed by atoms with E-state index in [9.17, 15) is 14.7 Å². The number of hydrogen-bond donors (Lipinski definition) is 1. The first-order valence-electron chi connectivity index (χ1n) is 5.73. The van der Waals surface area contributed by atoms with Gasteiger partial charge in [0, 0.05) is 0 Å². The van der Waals surface area contributed by atoms with Gasteiger partial charge in [-0.15, -0.1) is 0 Å². The molecule has 0 aromatic heterocycles. The maximum atomic E-state index is 11.8. The van der Waals surface area contributed by atoms with E-state index < -0.39 is 17.8 Å². The molecule has 0 saturated heterocycles. The van der Waals surface area contributed by atoms with Crippen molar-refractivity contribution in [1.29, 1.82) is 0 Å². The van der Waals surface area contributed by atoms with Crippen molar-refractivity contribution in [1.82, 2.24) is 0 Å². The minimum atomic E-state index is -0.878. The molecule has 4 nitrogen and oxygen atoms in total. The molecule has 88 valence electrons. The first-order valence-corrected chi connectivity index (χ1v) is 5.73. The van der Waals surface area contributed by atoms with Crippen LogP contribution in [0, 0.1) is 23.7 Å². The van der Waals surface area contributed by atoms with Crippen molar-refractivity contribution < 1.29 is 19.4 Å². The maximum Gasteiger partial charge on any atom is 0.310 e. The molecule has 0 aromatic carbocycles. The molecule has 3 aliphatic carbocycles. The highest BCUT2D eigenvalue weighted by Gasteiger charge is 2.48. The van der Waals surface area contributed by atoms with Crippen molar-refractivity contribution in [2.45, 2.75) is 19.8 Å². The number of ether oxygens (including phenoxy) is 1. The van der Waals surface area contributed by atoms with E-state index in [1.807, 2.05) is 12.2 Å². The van der Waals surface area contributed by atoms with E-state index in [4.69, 9.17) is 4.74 Å². The summed E-state index contributed by atoms with van der Waals surface area (Å²) < 4.78 is 4.98. The van der Waals surface area contributed by atoms with Gasteiger partial charge in [-0.1, -0.05) is 12.2 Å². The summed E-state index contributed by atoms with van der Waals surface area (Å²) in [5.74, 6) is -2.27. The van der Waals surface area contributed by atoms with Gasteiger partial charge in [0.1, 0.15) is 0 Å². The number of carbonyl (C=O) groups is 2. The van der Waals surface area contributed by atoms with Crippen LogP contribution in [0.15, 0.2) is 12.2 Å². The van der Waals surface area contributed by atoms with E-state index in [2.05, 4.69) is 0 Å². The van der Waals surface area contributed by atoms with Crippen LogP contribution in [0.25, 0.3) is 0 Å². The Kier molecular flexibility index (Phi) is 2.99. The van der Waals surface area contributed by atoms with E-state index in [0.717, 1.165) is 12.8 Å². The highest BCUT2D eigenvalue weighted by Crippen LogP contribution is 2.45. The minimum Gasteiger partial charge on any atom is -0.481 e. The molecular formula is C12H16O4. The molecule has 16 heavy (non-hydrogen) atoms. The van der Waals surface area contributed by atoms with Crippen LogP contribution < -0.4 is 0 Å². The van der Waals surface area contributed by atoms with Crippen LogP contribution in [0.5, 0.6) is 0 Å². The molecule has 0 radical (unpaired) electrons. The topological polar surface area (TPSA) is 63.6 Å². The Bertz CT molecular complexity index is 334. The van der Waals surface area contributed by atoms with E-state index in [0.29, 0.717) is 6.61 Å². The van der Waals surface area contributed by atoms with E-state index in [1.165, 1.54) is 0 Å². The zero-order chi connectivity index (χ0) is 11.7. The Morgan fingerprint density at radius 1 is 1.25 bits per heavy atom. The number of esters is 1. The van der Waals surface area contributed by atoms with Crippen LogP contribution in [0.2, 0.25) is 0 Å². The summed E-state index contributed by atoms with van der Waals surface area (Å²) in [5, 5.41) is 9.21. The molecule has 0 spiro atoms. The maximum absolute atomic E-state index is 11.8. The number of allylic oxidation sites excluding steroid dienone is 2. The molecule has 0 aliphatic heterocycles. The zero-order valence-electron chi connectivity index (χ0n) is 9.26. The largest absolute Gasteiger partial charge is 0.481 e. The highest BCUT2D eigenvalue weighted by atomic mass is 16.5. The van der Waals surface area contributed by atoms with Gasteiger partial charge in [-0.25, -0.2) is 0 Å². The second-order valence-electron chi connectivity index (χ2n) is 4.43. The lowest BCUT2D eigenvalue weighted by molar-refractivity contribution is -0.163. The third kappa shape index (κ3) is 1.72. The van der Waals surface area contributed by atoms with Gasteiger partial charge in [-0.2, -0.15) is 0 Å². The summed E-state index contributed by atoms with van der Waals surface area (Å²) in [6, 6.07) is 0. The number of carboxylic acid groups (broad SMARTS) is 1. The Hall–Kier alpha value is -1.32. The first kappa shape index (κ1) is 11.2. The van der Waals surface area contributed by atoms with Gasteiger partial charge in [0.2, 0.25) is 0 Å². The Balaban J connectivity index is 2.24. The Labute approximate surface area is 94.3 Å². The van der Waals surface area contributed by atoms with Crippen molar-refractivity contribution in [3.63, 3.8) is 0 Å². The molecule has 0 aromatic rings. The summed E-state index contributed by atoms with van der Waals surface area (Å²) >= 11 is 0. The van der Waals surface area contributed by atoms with Crippen LogP contribution in [0.1, 0.15) is 19.8 Å². The molecule has 2 bridgehead atoms. The van der Waals surface area contributed by atoms with Crippen molar-refractivity contribution in [3.8, 4) is 0 Å². The highest BCUT2D eigenvalue weighted by molar-refractivity contribution is 5.82. The van der Waals surface area contributed by atoms with E-state index in [-0.39, 0.29) is 17.8 Å². The fraction of sp³-hybridized carbons (Fsp3) is 0.667. The second kappa shape index (κ2) is 4.28. The Morgan fingerprint density at radius 3 is 2.25 bits per heavy atom. The van der Waals surface area contributed by atoms with Gasteiger partial charge in [0.05, 0.1) is 18.4 Å². The smallest absolute Gasteiger partial charge is 0.310 e. The number of carbonyl (C=O) groups excluding carboxylic acids is 1.